The molecule has 1 heterocycles. The largest absolute Gasteiger partial charge is 0.461 e. The van der Waals surface area contributed by atoms with Crippen molar-refractivity contribution in [3.63, 3.8) is 0 Å². The summed E-state index contributed by atoms with van der Waals surface area (Å²) in [6.45, 7) is 6.57. The maximum absolute atomic E-state index is 12.7. The fraction of sp³-hybridized carbons (Fsp3) is 0.591. The van der Waals surface area contributed by atoms with E-state index >= 15 is 0 Å². The molecule has 152 valence electrons. The van der Waals surface area contributed by atoms with E-state index in [1.54, 1.807) is 0 Å². The summed E-state index contributed by atoms with van der Waals surface area (Å²) in [6.07, 6.45) is 2.17. The van der Waals surface area contributed by atoms with Crippen LogP contribution in [0, 0.1) is 11.3 Å². The lowest BCUT2D eigenvalue weighted by Gasteiger charge is -2.38. The lowest BCUT2D eigenvalue weighted by atomic mass is 9.71. The zero-order chi connectivity index (χ0) is 20.3. The number of imide groups is 1. The highest BCUT2D eigenvalue weighted by molar-refractivity contribution is 5.99. The third-order valence-electron chi connectivity index (χ3n) is 5.52. The van der Waals surface area contributed by atoms with Gasteiger partial charge in [-0.05, 0) is 42.6 Å². The second kappa shape index (κ2) is 8.33. The Labute approximate surface area is 166 Å². The van der Waals surface area contributed by atoms with Crippen molar-refractivity contribution in [1.29, 1.82) is 0 Å². The predicted molar refractivity (Wildman–Crippen MR) is 103 cm³/mol. The minimum absolute atomic E-state index is 0.0551. The topological polar surface area (TPSA) is 72.9 Å². The molecule has 1 aromatic carbocycles. The normalized spacial score (nSPS) is 26.8. The van der Waals surface area contributed by atoms with Gasteiger partial charge in [0.05, 0.1) is 0 Å². The van der Waals surface area contributed by atoms with Crippen LogP contribution in [-0.4, -0.2) is 35.0 Å². The van der Waals surface area contributed by atoms with Gasteiger partial charge in [-0.15, -0.1) is 0 Å². The summed E-state index contributed by atoms with van der Waals surface area (Å²) >= 11 is 0. The van der Waals surface area contributed by atoms with Crippen molar-refractivity contribution >= 4 is 18.0 Å². The van der Waals surface area contributed by atoms with Crippen LogP contribution in [0.15, 0.2) is 30.3 Å². The highest BCUT2D eigenvalue weighted by Gasteiger charge is 2.44. The van der Waals surface area contributed by atoms with E-state index in [1.165, 1.54) is 0 Å². The Kier molecular flexibility index (Phi) is 6.06. The smallest absolute Gasteiger partial charge is 0.417 e. The van der Waals surface area contributed by atoms with Gasteiger partial charge in [0.2, 0.25) is 5.91 Å². The van der Waals surface area contributed by atoms with E-state index in [0.29, 0.717) is 5.92 Å². The van der Waals surface area contributed by atoms with Crippen LogP contribution in [0.1, 0.15) is 58.4 Å². The molecule has 2 aliphatic rings. The number of carbonyl (C=O) groups excluding carboxylic acids is 3. The minimum atomic E-state index is -0.892. The number of amides is 2. The summed E-state index contributed by atoms with van der Waals surface area (Å²) in [5.74, 6) is -0.423. The second-order valence-corrected chi connectivity index (χ2v) is 8.83. The first-order chi connectivity index (χ1) is 13.2. The molecule has 28 heavy (non-hydrogen) atoms. The minimum Gasteiger partial charge on any atom is -0.461 e. The zero-order valence-corrected chi connectivity index (χ0v) is 16.8. The molecule has 1 aliphatic heterocycles. The molecule has 2 fully saturated rings. The van der Waals surface area contributed by atoms with Crippen molar-refractivity contribution < 1.29 is 23.9 Å². The van der Waals surface area contributed by atoms with E-state index < -0.39 is 24.0 Å². The summed E-state index contributed by atoms with van der Waals surface area (Å²) in [6, 6.07) is 8.33. The van der Waals surface area contributed by atoms with Gasteiger partial charge in [0.25, 0.3) is 0 Å². The number of hydrogen-bond donors (Lipinski definition) is 0. The van der Waals surface area contributed by atoms with Crippen LogP contribution in [0.5, 0.6) is 0 Å². The number of hydrogen-bond acceptors (Lipinski definition) is 5. The number of carbonyl (C=O) groups is 3. The number of nitrogens with zero attached hydrogens (tertiary/aromatic N) is 1. The first-order valence-corrected chi connectivity index (χ1v) is 9.98. The van der Waals surface area contributed by atoms with Gasteiger partial charge < -0.3 is 9.47 Å². The summed E-state index contributed by atoms with van der Waals surface area (Å²) in [5, 5.41) is 0. The van der Waals surface area contributed by atoms with Gasteiger partial charge in [-0.1, -0.05) is 51.1 Å². The van der Waals surface area contributed by atoms with Gasteiger partial charge in [0.15, 0.2) is 0 Å². The molecule has 0 bridgehead atoms. The van der Waals surface area contributed by atoms with Crippen molar-refractivity contribution in [2.75, 3.05) is 0 Å². The maximum atomic E-state index is 12.7. The molecule has 1 saturated heterocycles. The van der Waals surface area contributed by atoms with Gasteiger partial charge in [-0.25, -0.2) is 14.5 Å². The van der Waals surface area contributed by atoms with Gasteiger partial charge >= 0.3 is 12.1 Å². The fourth-order valence-electron chi connectivity index (χ4n) is 4.52. The number of benzene rings is 1. The lowest BCUT2D eigenvalue weighted by Crippen LogP contribution is -2.45. The molecule has 3 atom stereocenters. The average Bonchev–Trinajstić information content (AvgIpc) is 3.00. The summed E-state index contributed by atoms with van der Waals surface area (Å²) in [7, 11) is 0. The number of ether oxygens (including phenoxy) is 2. The van der Waals surface area contributed by atoms with Crippen LogP contribution < -0.4 is 0 Å². The van der Waals surface area contributed by atoms with Gasteiger partial charge in [0.1, 0.15) is 18.8 Å². The maximum Gasteiger partial charge on any atom is 0.417 e. The Balaban J connectivity index is 1.61. The van der Waals surface area contributed by atoms with Crippen LogP contribution in [0.3, 0.4) is 0 Å². The number of likely N-dealkylation sites (tertiary alicyclic amines) is 1. The molecule has 1 aromatic rings. The van der Waals surface area contributed by atoms with Gasteiger partial charge in [0, 0.05) is 6.42 Å². The Morgan fingerprint density at radius 2 is 1.89 bits per heavy atom. The summed E-state index contributed by atoms with van der Waals surface area (Å²) in [4.78, 5) is 38.3. The molecule has 1 saturated carbocycles. The molecule has 0 aromatic heterocycles. The monoisotopic (exact) mass is 387 g/mol. The summed E-state index contributed by atoms with van der Waals surface area (Å²) < 4.78 is 11.0. The van der Waals surface area contributed by atoms with Crippen LogP contribution >= 0.6 is 0 Å². The zero-order valence-electron chi connectivity index (χ0n) is 16.8. The van der Waals surface area contributed by atoms with Crippen molar-refractivity contribution in [2.24, 2.45) is 11.3 Å². The lowest BCUT2D eigenvalue weighted by molar-refractivity contribution is -0.160. The van der Waals surface area contributed by atoms with E-state index in [-0.39, 0.29) is 31.0 Å². The quantitative estimate of drug-likeness (QED) is 0.728. The third-order valence-corrected chi connectivity index (χ3v) is 5.52. The molecule has 6 heteroatoms. The Morgan fingerprint density at radius 3 is 2.57 bits per heavy atom. The predicted octanol–water partition coefficient (Wildman–Crippen LogP) is 4.07. The first kappa shape index (κ1) is 20.4. The van der Waals surface area contributed by atoms with Crippen LogP contribution in [0.4, 0.5) is 4.79 Å². The third kappa shape index (κ3) is 4.91. The molecular formula is C22H29NO5. The first-order valence-electron chi connectivity index (χ1n) is 9.98. The average molecular weight is 387 g/mol. The van der Waals surface area contributed by atoms with E-state index in [0.717, 1.165) is 29.7 Å². The van der Waals surface area contributed by atoms with E-state index in [9.17, 15) is 14.4 Å². The molecule has 0 spiro atoms. The van der Waals surface area contributed by atoms with Gasteiger partial charge in [-0.2, -0.15) is 0 Å². The SMILES string of the molecule is CC1CC(OC(=O)[C@@H]2CCC(=O)N2C(=O)OCc2ccccc2)CC(C)(C)C1. The van der Waals surface area contributed by atoms with Crippen LogP contribution in [-0.2, 0) is 25.7 Å². The Morgan fingerprint density at radius 1 is 1.18 bits per heavy atom. The molecule has 0 N–H and O–H groups in total. The van der Waals surface area contributed by atoms with E-state index in [2.05, 4.69) is 20.8 Å². The highest BCUT2D eigenvalue weighted by Crippen LogP contribution is 2.40. The molecule has 6 nitrogen and oxygen atoms in total. The van der Waals surface area contributed by atoms with E-state index in [4.69, 9.17) is 9.47 Å². The molecule has 2 amide bonds. The van der Waals surface area contributed by atoms with Crippen molar-refractivity contribution in [3.05, 3.63) is 35.9 Å². The molecule has 1 aliphatic carbocycles. The van der Waals surface area contributed by atoms with Crippen molar-refractivity contribution in [1.82, 2.24) is 4.90 Å². The number of esters is 1. The summed E-state index contributed by atoms with van der Waals surface area (Å²) in [5.41, 5.74) is 0.933. The molecule has 0 radical (unpaired) electrons. The molecular weight excluding hydrogens is 358 g/mol. The Bertz CT molecular complexity index is 730. The Hall–Kier alpha value is -2.37. The standard InChI is InChI=1S/C22H29NO5/c1-15-11-17(13-22(2,3)12-15)28-20(25)18-9-10-19(24)23(18)21(26)27-14-16-7-5-4-6-8-16/h4-8,15,17-18H,9-14H2,1-3H3/t15?,17?,18-/m0/s1. The molecule has 3 rings (SSSR count). The van der Waals surface area contributed by atoms with E-state index in [1.807, 2.05) is 30.3 Å². The number of rotatable bonds is 4. The second-order valence-electron chi connectivity index (χ2n) is 8.83. The van der Waals surface area contributed by atoms with Crippen LogP contribution in [0.2, 0.25) is 0 Å². The van der Waals surface area contributed by atoms with Crippen molar-refractivity contribution in [3.8, 4) is 0 Å². The fourth-order valence-corrected chi connectivity index (χ4v) is 4.52. The highest BCUT2D eigenvalue weighted by atomic mass is 16.6. The molecule has 2 unspecified atom stereocenters. The van der Waals surface area contributed by atoms with Gasteiger partial charge in [-0.3, -0.25) is 4.79 Å². The van der Waals surface area contributed by atoms with Crippen molar-refractivity contribution in [2.45, 2.75) is 71.6 Å². The van der Waals surface area contributed by atoms with Crippen LogP contribution in [0.25, 0.3) is 0 Å².